The summed E-state index contributed by atoms with van der Waals surface area (Å²) < 4.78 is 2.17. The standard InChI is InChI=1S/C12H15N5/c1-2-11(16-15-4-1)8-17-9-14-7-12(17)10-3-5-13-6-10/h1-2,4,7,9-10,13H,3,5-6,8H2. The molecule has 1 saturated heterocycles. The molecule has 5 heteroatoms. The molecule has 1 N–H and O–H groups in total. The van der Waals surface area contributed by atoms with Gasteiger partial charge in [-0.1, -0.05) is 0 Å². The van der Waals surface area contributed by atoms with Gasteiger partial charge in [0.15, 0.2) is 0 Å². The molecule has 1 atom stereocenters. The second-order valence-electron chi connectivity index (χ2n) is 4.35. The summed E-state index contributed by atoms with van der Waals surface area (Å²) in [5.41, 5.74) is 2.26. The molecule has 0 aliphatic carbocycles. The first-order valence-corrected chi connectivity index (χ1v) is 5.91. The fourth-order valence-corrected chi connectivity index (χ4v) is 2.30. The summed E-state index contributed by atoms with van der Waals surface area (Å²) in [6, 6.07) is 3.90. The van der Waals surface area contributed by atoms with Crippen molar-refractivity contribution in [2.75, 3.05) is 13.1 Å². The van der Waals surface area contributed by atoms with E-state index < -0.39 is 0 Å². The zero-order valence-corrected chi connectivity index (χ0v) is 9.58. The largest absolute Gasteiger partial charge is 0.328 e. The third-order valence-electron chi connectivity index (χ3n) is 3.18. The third-order valence-corrected chi connectivity index (χ3v) is 3.18. The van der Waals surface area contributed by atoms with Crippen LogP contribution in [0.5, 0.6) is 0 Å². The van der Waals surface area contributed by atoms with Crippen LogP contribution < -0.4 is 5.32 Å². The minimum Gasteiger partial charge on any atom is -0.328 e. The van der Waals surface area contributed by atoms with Crippen molar-refractivity contribution in [3.63, 3.8) is 0 Å². The number of rotatable bonds is 3. The molecule has 1 unspecified atom stereocenters. The van der Waals surface area contributed by atoms with Crippen molar-refractivity contribution in [2.24, 2.45) is 0 Å². The van der Waals surface area contributed by atoms with E-state index in [1.165, 1.54) is 12.1 Å². The summed E-state index contributed by atoms with van der Waals surface area (Å²) >= 11 is 0. The van der Waals surface area contributed by atoms with Crippen LogP contribution in [0.1, 0.15) is 23.7 Å². The molecule has 17 heavy (non-hydrogen) atoms. The van der Waals surface area contributed by atoms with Crippen molar-refractivity contribution in [3.8, 4) is 0 Å². The van der Waals surface area contributed by atoms with Crippen molar-refractivity contribution in [3.05, 3.63) is 42.2 Å². The lowest BCUT2D eigenvalue weighted by Gasteiger charge is -2.11. The molecule has 0 saturated carbocycles. The van der Waals surface area contributed by atoms with E-state index in [2.05, 4.69) is 25.1 Å². The zero-order chi connectivity index (χ0) is 11.5. The van der Waals surface area contributed by atoms with Gasteiger partial charge in [0.1, 0.15) is 0 Å². The first-order valence-electron chi connectivity index (χ1n) is 5.91. The van der Waals surface area contributed by atoms with Crippen molar-refractivity contribution in [1.82, 2.24) is 25.1 Å². The maximum Gasteiger partial charge on any atom is 0.0951 e. The van der Waals surface area contributed by atoms with E-state index in [4.69, 9.17) is 0 Å². The predicted molar refractivity (Wildman–Crippen MR) is 63.6 cm³/mol. The van der Waals surface area contributed by atoms with Crippen LogP contribution in [0.3, 0.4) is 0 Å². The Balaban J connectivity index is 1.81. The molecule has 0 aromatic carbocycles. The van der Waals surface area contributed by atoms with Crippen LogP contribution in [-0.4, -0.2) is 32.8 Å². The third kappa shape index (κ3) is 2.19. The monoisotopic (exact) mass is 229 g/mol. The van der Waals surface area contributed by atoms with Crippen LogP contribution >= 0.6 is 0 Å². The molecule has 1 fully saturated rings. The van der Waals surface area contributed by atoms with Crippen molar-refractivity contribution < 1.29 is 0 Å². The molecular formula is C12H15N5. The van der Waals surface area contributed by atoms with Crippen LogP contribution in [0.4, 0.5) is 0 Å². The van der Waals surface area contributed by atoms with E-state index in [1.807, 2.05) is 24.7 Å². The first kappa shape index (κ1) is 10.4. The normalized spacial score (nSPS) is 19.6. The number of aromatic nitrogens is 4. The highest BCUT2D eigenvalue weighted by Crippen LogP contribution is 2.22. The van der Waals surface area contributed by atoms with E-state index >= 15 is 0 Å². The minimum absolute atomic E-state index is 0.578. The van der Waals surface area contributed by atoms with Gasteiger partial charge in [-0.15, -0.1) is 0 Å². The molecule has 88 valence electrons. The van der Waals surface area contributed by atoms with Gasteiger partial charge in [-0.25, -0.2) is 4.98 Å². The zero-order valence-electron chi connectivity index (χ0n) is 9.58. The maximum absolute atomic E-state index is 4.25. The summed E-state index contributed by atoms with van der Waals surface area (Å²) in [5, 5.41) is 11.4. The average Bonchev–Trinajstić information content (AvgIpc) is 3.00. The fourth-order valence-electron chi connectivity index (χ4n) is 2.30. The molecule has 0 spiro atoms. The Bertz CT molecular complexity index is 473. The van der Waals surface area contributed by atoms with E-state index in [0.717, 1.165) is 25.3 Å². The molecular weight excluding hydrogens is 214 g/mol. The van der Waals surface area contributed by atoms with Crippen molar-refractivity contribution >= 4 is 0 Å². The molecule has 0 bridgehead atoms. The molecule has 2 aromatic heterocycles. The second kappa shape index (κ2) is 4.63. The molecule has 0 radical (unpaired) electrons. The minimum atomic E-state index is 0.578. The number of nitrogens with zero attached hydrogens (tertiary/aromatic N) is 4. The Hall–Kier alpha value is -1.75. The van der Waals surface area contributed by atoms with E-state index in [-0.39, 0.29) is 0 Å². The van der Waals surface area contributed by atoms with Gasteiger partial charge in [-0.05, 0) is 25.1 Å². The number of hydrogen-bond donors (Lipinski definition) is 1. The Morgan fingerprint density at radius 1 is 1.47 bits per heavy atom. The molecule has 2 aromatic rings. The van der Waals surface area contributed by atoms with Gasteiger partial charge in [0.25, 0.3) is 0 Å². The number of hydrogen-bond acceptors (Lipinski definition) is 4. The van der Waals surface area contributed by atoms with E-state index in [9.17, 15) is 0 Å². The van der Waals surface area contributed by atoms with E-state index in [1.54, 1.807) is 6.20 Å². The van der Waals surface area contributed by atoms with Gasteiger partial charge in [-0.3, -0.25) is 0 Å². The highest BCUT2D eigenvalue weighted by Gasteiger charge is 2.20. The van der Waals surface area contributed by atoms with Gasteiger partial charge in [-0.2, -0.15) is 10.2 Å². The summed E-state index contributed by atoms with van der Waals surface area (Å²) in [5.74, 6) is 0.578. The smallest absolute Gasteiger partial charge is 0.0951 e. The number of imidazole rings is 1. The van der Waals surface area contributed by atoms with Crippen LogP contribution in [-0.2, 0) is 6.54 Å². The van der Waals surface area contributed by atoms with Gasteiger partial charge in [0.05, 0.1) is 18.6 Å². The summed E-state index contributed by atoms with van der Waals surface area (Å²) in [6.45, 7) is 2.90. The Morgan fingerprint density at radius 3 is 3.24 bits per heavy atom. The lowest BCUT2D eigenvalue weighted by Crippen LogP contribution is -2.12. The lowest BCUT2D eigenvalue weighted by molar-refractivity contribution is 0.643. The lowest BCUT2D eigenvalue weighted by atomic mass is 10.1. The number of nitrogens with one attached hydrogen (secondary N) is 1. The first-order chi connectivity index (χ1) is 8.43. The maximum atomic E-state index is 4.25. The second-order valence-corrected chi connectivity index (χ2v) is 4.35. The van der Waals surface area contributed by atoms with Crippen LogP contribution in [0.25, 0.3) is 0 Å². The average molecular weight is 229 g/mol. The molecule has 5 nitrogen and oxygen atoms in total. The predicted octanol–water partition coefficient (Wildman–Crippen LogP) is 0.798. The quantitative estimate of drug-likeness (QED) is 0.845. The van der Waals surface area contributed by atoms with Gasteiger partial charge >= 0.3 is 0 Å². The molecule has 0 amide bonds. The molecule has 1 aliphatic heterocycles. The summed E-state index contributed by atoms with van der Waals surface area (Å²) in [6.07, 6.45) is 6.72. The molecule has 1 aliphatic rings. The van der Waals surface area contributed by atoms with Crippen LogP contribution in [0.2, 0.25) is 0 Å². The Kier molecular flexibility index (Phi) is 2.83. The highest BCUT2D eigenvalue weighted by molar-refractivity contribution is 5.12. The van der Waals surface area contributed by atoms with Gasteiger partial charge < -0.3 is 9.88 Å². The summed E-state index contributed by atoms with van der Waals surface area (Å²) in [4.78, 5) is 4.25. The Morgan fingerprint density at radius 2 is 2.47 bits per heavy atom. The van der Waals surface area contributed by atoms with E-state index in [0.29, 0.717) is 5.92 Å². The topological polar surface area (TPSA) is 55.6 Å². The molecule has 3 heterocycles. The van der Waals surface area contributed by atoms with Crippen LogP contribution in [0, 0.1) is 0 Å². The van der Waals surface area contributed by atoms with Gasteiger partial charge in [0, 0.05) is 30.6 Å². The van der Waals surface area contributed by atoms with Gasteiger partial charge in [0.2, 0.25) is 0 Å². The fraction of sp³-hybridized carbons (Fsp3) is 0.417. The van der Waals surface area contributed by atoms with Crippen molar-refractivity contribution in [1.29, 1.82) is 0 Å². The Labute approximate surface area is 99.9 Å². The highest BCUT2D eigenvalue weighted by atomic mass is 15.1. The summed E-state index contributed by atoms with van der Waals surface area (Å²) in [7, 11) is 0. The van der Waals surface area contributed by atoms with Crippen LogP contribution in [0.15, 0.2) is 30.9 Å². The van der Waals surface area contributed by atoms with Crippen molar-refractivity contribution in [2.45, 2.75) is 18.9 Å². The molecule has 3 rings (SSSR count). The SMILES string of the molecule is c1cnnc(Cn2cncc2C2CCNC2)c1.